The van der Waals surface area contributed by atoms with E-state index in [1.807, 2.05) is 30.5 Å². The van der Waals surface area contributed by atoms with Gasteiger partial charge in [-0.1, -0.05) is 20.8 Å². The van der Waals surface area contributed by atoms with Crippen LogP contribution in [0, 0.1) is 11.8 Å². The lowest BCUT2D eigenvalue weighted by molar-refractivity contribution is -0.151. The van der Waals surface area contributed by atoms with Crippen LogP contribution in [0.25, 0.3) is 0 Å². The fourth-order valence-corrected chi connectivity index (χ4v) is 3.34. The molecule has 1 N–H and O–H groups in total. The summed E-state index contributed by atoms with van der Waals surface area (Å²) in [7, 11) is 0. The summed E-state index contributed by atoms with van der Waals surface area (Å²) in [6, 6.07) is -0.547. The maximum atomic E-state index is 12.6. The Balaban J connectivity index is 2.09. The summed E-state index contributed by atoms with van der Waals surface area (Å²) in [6.45, 7) is 6.82. The Morgan fingerprint density at radius 1 is 1.37 bits per heavy atom. The van der Waals surface area contributed by atoms with Crippen LogP contribution in [-0.4, -0.2) is 46.8 Å². The Kier molecular flexibility index (Phi) is 4.76. The molecule has 0 aromatic carbocycles. The molecule has 0 bridgehead atoms. The molecule has 2 amide bonds. The van der Waals surface area contributed by atoms with Crippen molar-refractivity contribution in [3.8, 4) is 0 Å². The van der Waals surface area contributed by atoms with Gasteiger partial charge < -0.3 is 10.2 Å². The Hall–Kier alpha value is -0.710. The van der Waals surface area contributed by atoms with Crippen molar-refractivity contribution in [3.05, 3.63) is 0 Å². The minimum Gasteiger partial charge on any atom is -0.342 e. The molecule has 0 spiro atoms. The smallest absolute Gasteiger partial charge is 0.246 e. The van der Waals surface area contributed by atoms with Crippen LogP contribution in [0.5, 0.6) is 0 Å². The monoisotopic (exact) mass is 284 g/mol. The van der Waals surface area contributed by atoms with E-state index in [0.717, 1.165) is 24.3 Å². The van der Waals surface area contributed by atoms with Gasteiger partial charge in [-0.15, -0.1) is 0 Å². The molecule has 0 aromatic heterocycles. The summed E-state index contributed by atoms with van der Waals surface area (Å²) < 4.78 is 0. The molecule has 4 nitrogen and oxygen atoms in total. The van der Waals surface area contributed by atoms with Crippen molar-refractivity contribution in [2.45, 2.75) is 45.7 Å². The second kappa shape index (κ2) is 6.16. The first kappa shape index (κ1) is 14.7. The molecular weight excluding hydrogens is 260 g/mol. The van der Waals surface area contributed by atoms with Crippen LogP contribution >= 0.6 is 11.8 Å². The summed E-state index contributed by atoms with van der Waals surface area (Å²) in [5.41, 5.74) is 0. The predicted molar refractivity (Wildman–Crippen MR) is 78.0 cm³/mol. The van der Waals surface area contributed by atoms with Gasteiger partial charge in [0, 0.05) is 12.3 Å². The number of hydrogen-bond donors (Lipinski definition) is 1. The highest BCUT2D eigenvalue weighted by atomic mass is 32.2. The van der Waals surface area contributed by atoms with Crippen LogP contribution in [0.15, 0.2) is 0 Å². The van der Waals surface area contributed by atoms with Gasteiger partial charge in [0.2, 0.25) is 11.8 Å². The first-order chi connectivity index (χ1) is 9.06. The molecular formula is C14H24N2O2S. The minimum atomic E-state index is -0.292. The number of hydrogen-bond acceptors (Lipinski definition) is 3. The van der Waals surface area contributed by atoms with Crippen LogP contribution in [0.1, 0.15) is 33.6 Å². The lowest BCUT2D eigenvalue weighted by atomic mass is 9.95. The van der Waals surface area contributed by atoms with Crippen molar-refractivity contribution in [1.82, 2.24) is 10.2 Å². The molecule has 19 heavy (non-hydrogen) atoms. The van der Waals surface area contributed by atoms with Crippen LogP contribution in [0.4, 0.5) is 0 Å². The Labute approximate surface area is 119 Å². The molecule has 2 atom stereocenters. The molecule has 1 saturated heterocycles. The van der Waals surface area contributed by atoms with Gasteiger partial charge in [0.1, 0.15) is 12.1 Å². The average Bonchev–Trinajstić information content (AvgIpc) is 3.16. The van der Waals surface area contributed by atoms with Gasteiger partial charge in [-0.3, -0.25) is 9.59 Å². The summed E-state index contributed by atoms with van der Waals surface area (Å²) in [5, 5.41) is 2.94. The maximum Gasteiger partial charge on any atom is 0.246 e. The second-order valence-corrected chi connectivity index (χ2v) is 7.13. The Morgan fingerprint density at radius 3 is 2.58 bits per heavy atom. The summed E-state index contributed by atoms with van der Waals surface area (Å²) in [6.07, 6.45) is 2.14. The summed E-state index contributed by atoms with van der Waals surface area (Å²) in [5.74, 6) is 2.68. The number of rotatable bonds is 6. The molecule has 2 rings (SSSR count). The zero-order valence-electron chi connectivity index (χ0n) is 12.0. The van der Waals surface area contributed by atoms with E-state index in [0.29, 0.717) is 12.5 Å². The number of nitrogens with one attached hydrogen (secondary N) is 1. The fraction of sp³-hybridized carbons (Fsp3) is 0.857. The van der Waals surface area contributed by atoms with E-state index in [9.17, 15) is 9.59 Å². The molecule has 0 aromatic rings. The topological polar surface area (TPSA) is 49.4 Å². The molecule has 1 heterocycles. The Morgan fingerprint density at radius 2 is 2.05 bits per heavy atom. The molecule has 1 aliphatic heterocycles. The van der Waals surface area contributed by atoms with Crippen molar-refractivity contribution < 1.29 is 9.59 Å². The van der Waals surface area contributed by atoms with E-state index in [-0.39, 0.29) is 29.8 Å². The molecule has 2 aliphatic rings. The van der Waals surface area contributed by atoms with Gasteiger partial charge in [0.05, 0.1) is 0 Å². The van der Waals surface area contributed by atoms with Gasteiger partial charge in [-0.25, -0.2) is 0 Å². The van der Waals surface area contributed by atoms with Crippen molar-refractivity contribution in [3.63, 3.8) is 0 Å². The highest BCUT2D eigenvalue weighted by Gasteiger charge is 2.47. The maximum absolute atomic E-state index is 12.6. The third kappa shape index (κ3) is 3.25. The molecule has 2 unspecified atom stereocenters. The van der Waals surface area contributed by atoms with E-state index >= 15 is 0 Å². The molecule has 5 heteroatoms. The largest absolute Gasteiger partial charge is 0.342 e. The van der Waals surface area contributed by atoms with Gasteiger partial charge in [-0.05, 0) is 30.4 Å². The highest BCUT2D eigenvalue weighted by molar-refractivity contribution is 7.99. The van der Waals surface area contributed by atoms with Crippen molar-refractivity contribution in [1.29, 1.82) is 0 Å². The number of piperazine rings is 1. The van der Waals surface area contributed by atoms with Crippen molar-refractivity contribution in [2.24, 2.45) is 11.8 Å². The molecule has 0 radical (unpaired) electrons. The number of carbonyl (C=O) groups excluding carboxylic acids is 2. The third-order valence-electron chi connectivity index (χ3n) is 3.86. The van der Waals surface area contributed by atoms with Crippen LogP contribution in [0.2, 0.25) is 0 Å². The number of carbonyl (C=O) groups is 2. The number of thioether (sulfide) groups is 1. The van der Waals surface area contributed by atoms with Crippen molar-refractivity contribution in [2.75, 3.05) is 18.1 Å². The standard InChI is InChI=1S/C14H24N2O2S/c1-4-19-8-7-16-12(9(2)3)13(17)15-11(14(16)18)10-5-6-10/h9-12H,4-8H2,1-3H3,(H,15,17). The lowest BCUT2D eigenvalue weighted by Crippen LogP contribution is -2.65. The lowest BCUT2D eigenvalue weighted by Gasteiger charge is -2.41. The van der Waals surface area contributed by atoms with E-state index in [2.05, 4.69) is 12.2 Å². The van der Waals surface area contributed by atoms with Crippen LogP contribution in [-0.2, 0) is 9.59 Å². The van der Waals surface area contributed by atoms with E-state index < -0.39 is 0 Å². The number of nitrogens with zero attached hydrogens (tertiary/aromatic N) is 1. The molecule has 108 valence electrons. The first-order valence-corrected chi connectivity index (χ1v) is 8.40. The Bertz CT molecular complexity index is 355. The normalized spacial score (nSPS) is 27.9. The van der Waals surface area contributed by atoms with Gasteiger partial charge in [0.25, 0.3) is 0 Å². The van der Waals surface area contributed by atoms with Gasteiger partial charge in [0.15, 0.2) is 0 Å². The molecule has 2 fully saturated rings. The average molecular weight is 284 g/mol. The zero-order chi connectivity index (χ0) is 14.0. The van der Waals surface area contributed by atoms with Gasteiger partial charge in [-0.2, -0.15) is 11.8 Å². The first-order valence-electron chi connectivity index (χ1n) is 7.24. The van der Waals surface area contributed by atoms with Gasteiger partial charge >= 0.3 is 0 Å². The highest BCUT2D eigenvalue weighted by Crippen LogP contribution is 2.35. The summed E-state index contributed by atoms with van der Waals surface area (Å²) in [4.78, 5) is 26.6. The minimum absolute atomic E-state index is 0.0352. The SMILES string of the molecule is CCSCCN1C(=O)C(C2CC2)NC(=O)C1C(C)C. The predicted octanol–water partition coefficient (Wildman–Crippen LogP) is 1.50. The van der Waals surface area contributed by atoms with E-state index in [1.54, 1.807) is 0 Å². The zero-order valence-corrected chi connectivity index (χ0v) is 12.8. The quantitative estimate of drug-likeness (QED) is 0.752. The van der Waals surface area contributed by atoms with E-state index in [4.69, 9.17) is 0 Å². The van der Waals surface area contributed by atoms with Crippen molar-refractivity contribution >= 4 is 23.6 Å². The van der Waals surface area contributed by atoms with Crippen LogP contribution < -0.4 is 5.32 Å². The molecule has 1 saturated carbocycles. The fourth-order valence-electron chi connectivity index (χ4n) is 2.73. The number of amides is 2. The third-order valence-corrected chi connectivity index (χ3v) is 4.74. The van der Waals surface area contributed by atoms with Crippen LogP contribution in [0.3, 0.4) is 0 Å². The second-order valence-electron chi connectivity index (χ2n) is 5.74. The molecule has 1 aliphatic carbocycles. The summed E-state index contributed by atoms with van der Waals surface area (Å²) >= 11 is 1.82. The van der Waals surface area contributed by atoms with E-state index in [1.165, 1.54) is 0 Å².